The molecule has 36 heavy (non-hydrogen) atoms. The van der Waals surface area contributed by atoms with E-state index in [-0.39, 0.29) is 11.3 Å². The first-order valence-corrected chi connectivity index (χ1v) is 14.9. The molecule has 0 spiro atoms. The average Bonchev–Trinajstić information content (AvgIpc) is 3.36. The van der Waals surface area contributed by atoms with E-state index in [0.29, 0.717) is 5.56 Å². The Morgan fingerprint density at radius 2 is 2.03 bits per heavy atom. The van der Waals surface area contributed by atoms with E-state index < -0.39 is 53.1 Å². The molecule has 5 unspecified atom stereocenters. The fraction of sp³-hybridized carbons (Fsp3) is 0.318. The molecule has 190 valence electrons. The molecule has 1 aromatic carbocycles. The van der Waals surface area contributed by atoms with Crippen LogP contribution in [0, 0.1) is 22.8 Å². The molecule has 0 amide bonds. The summed E-state index contributed by atoms with van der Waals surface area (Å²) in [6, 6.07) is 3.09. The topological polar surface area (TPSA) is 103 Å². The second-order valence-corrected chi connectivity index (χ2v) is 10.8. The number of hydrogen-bond acceptors (Lipinski definition) is 9. The number of rotatable bonds is 6. The predicted molar refractivity (Wildman–Crippen MR) is 141 cm³/mol. The third-order valence-electron chi connectivity index (χ3n) is 5.39. The van der Waals surface area contributed by atoms with Gasteiger partial charge in [0.1, 0.15) is 52.1 Å². The maximum atomic E-state index is 14.0. The number of aromatic nitrogens is 4. The van der Waals surface area contributed by atoms with Gasteiger partial charge in [-0.1, -0.05) is 34.5 Å². The summed E-state index contributed by atoms with van der Waals surface area (Å²) in [5, 5.41) is 31.2. The fourth-order valence-corrected chi connectivity index (χ4v) is 5.52. The van der Waals surface area contributed by atoms with Crippen LogP contribution in [-0.2, 0) is 9.47 Å². The van der Waals surface area contributed by atoms with E-state index in [1.165, 1.54) is 38.7 Å². The number of methoxy groups -OCH3 is 1. The van der Waals surface area contributed by atoms with E-state index in [1.807, 2.05) is 6.07 Å². The molecule has 0 radical (unpaired) electrons. The molecule has 0 bridgehead atoms. The molecular formula is C22H18ClF2IN4O4S2. The van der Waals surface area contributed by atoms with Crippen LogP contribution in [0.3, 0.4) is 0 Å². The second-order valence-electron chi connectivity index (χ2n) is 7.58. The zero-order valence-electron chi connectivity index (χ0n) is 18.4. The molecule has 5 atom stereocenters. The summed E-state index contributed by atoms with van der Waals surface area (Å²) in [5.74, 6) is 1.11. The van der Waals surface area contributed by atoms with E-state index in [9.17, 15) is 19.0 Å². The smallest absolute Gasteiger partial charge is 0.145 e. The molecule has 1 aliphatic heterocycles. The van der Waals surface area contributed by atoms with Gasteiger partial charge in [-0.25, -0.2) is 13.5 Å². The Kier molecular flexibility index (Phi) is 9.45. The highest BCUT2D eigenvalue weighted by molar-refractivity contribution is 14.2. The van der Waals surface area contributed by atoms with Crippen molar-refractivity contribution in [2.75, 3.05) is 13.7 Å². The summed E-state index contributed by atoms with van der Waals surface area (Å²) in [6.45, 7) is -0.461. The molecule has 1 fully saturated rings. The summed E-state index contributed by atoms with van der Waals surface area (Å²) >= 11 is 8.94. The summed E-state index contributed by atoms with van der Waals surface area (Å²) < 4.78 is 40.9. The van der Waals surface area contributed by atoms with Crippen LogP contribution in [0.1, 0.15) is 11.6 Å². The van der Waals surface area contributed by atoms with Gasteiger partial charge in [-0.3, -0.25) is 4.98 Å². The Balaban J connectivity index is 1.65. The van der Waals surface area contributed by atoms with Gasteiger partial charge in [-0.05, 0) is 32.4 Å². The zero-order valence-corrected chi connectivity index (χ0v) is 22.9. The van der Waals surface area contributed by atoms with Crippen molar-refractivity contribution in [3.8, 4) is 22.4 Å². The van der Waals surface area contributed by atoms with Crippen LogP contribution < -0.4 is 0 Å². The monoisotopic (exact) mass is 666 g/mol. The summed E-state index contributed by atoms with van der Waals surface area (Å²) in [7, 11) is 2.81. The Labute approximate surface area is 230 Å². The highest BCUT2D eigenvalue weighted by Gasteiger charge is 2.47. The van der Waals surface area contributed by atoms with Crippen LogP contribution in [0.2, 0.25) is 5.02 Å². The summed E-state index contributed by atoms with van der Waals surface area (Å²) in [5.41, 5.74) is 0.316. The largest absolute Gasteiger partial charge is 0.394 e. The summed E-state index contributed by atoms with van der Waals surface area (Å²) in [4.78, 5) is 4.96. The number of aliphatic hydroxyl groups is 2. The Morgan fingerprint density at radius 3 is 2.69 bits per heavy atom. The highest BCUT2D eigenvalue weighted by Crippen LogP contribution is 2.39. The third kappa shape index (κ3) is 5.97. The van der Waals surface area contributed by atoms with Gasteiger partial charge in [-0.15, -0.1) is 5.10 Å². The van der Waals surface area contributed by atoms with E-state index in [2.05, 4.69) is 47.7 Å². The highest BCUT2D eigenvalue weighted by atomic mass is 127. The van der Waals surface area contributed by atoms with Gasteiger partial charge >= 0.3 is 0 Å². The van der Waals surface area contributed by atoms with Crippen molar-refractivity contribution in [3.63, 3.8) is 0 Å². The normalized spacial score (nSPS) is 23.8. The lowest BCUT2D eigenvalue weighted by molar-refractivity contribution is -0.186. The van der Waals surface area contributed by atoms with Gasteiger partial charge in [-0.2, -0.15) is 0 Å². The van der Waals surface area contributed by atoms with Gasteiger partial charge < -0.3 is 19.7 Å². The first kappa shape index (κ1) is 27.5. The van der Waals surface area contributed by atoms with E-state index in [0.717, 1.165) is 17.0 Å². The Morgan fingerprint density at radius 1 is 1.28 bits per heavy atom. The number of ether oxygens (including phenoxy) is 2. The van der Waals surface area contributed by atoms with E-state index in [1.54, 1.807) is 12.4 Å². The molecule has 1 aliphatic rings. The minimum Gasteiger partial charge on any atom is -0.394 e. The first-order valence-electron chi connectivity index (χ1n) is 10.3. The lowest BCUT2D eigenvalue weighted by Crippen LogP contribution is -2.55. The van der Waals surface area contributed by atoms with Crippen molar-refractivity contribution in [3.05, 3.63) is 59.0 Å². The number of halogens is 4. The molecule has 4 rings (SSSR count). The minimum atomic E-state index is -1.22. The van der Waals surface area contributed by atoms with Gasteiger partial charge in [0, 0.05) is 56.7 Å². The number of aliphatic hydroxyl groups excluding tert-OH is 2. The number of thioether (sulfide) groups is 1. The summed E-state index contributed by atoms with van der Waals surface area (Å²) in [6.07, 6.45) is 1.80. The molecule has 0 aliphatic carbocycles. The van der Waals surface area contributed by atoms with Crippen LogP contribution in [0.25, 0.3) is 11.3 Å². The van der Waals surface area contributed by atoms with Crippen molar-refractivity contribution in [1.29, 1.82) is 0 Å². The molecule has 3 heterocycles. The Bertz CT molecular complexity index is 1270. The molecule has 8 nitrogen and oxygen atoms in total. The number of nitrogens with zero attached hydrogens (tertiary/aromatic N) is 4. The van der Waals surface area contributed by atoms with Crippen molar-refractivity contribution in [2.24, 2.45) is 0 Å². The van der Waals surface area contributed by atoms with Crippen LogP contribution in [0.4, 0.5) is 8.78 Å². The van der Waals surface area contributed by atoms with Crippen LogP contribution in [0.5, 0.6) is 0 Å². The lowest BCUT2D eigenvalue weighted by Gasteiger charge is -2.43. The van der Waals surface area contributed by atoms with Crippen molar-refractivity contribution in [1.82, 2.24) is 20.0 Å². The quantitative estimate of drug-likeness (QED) is 0.229. The minimum absolute atomic E-state index is 0.120. The van der Waals surface area contributed by atoms with E-state index >= 15 is 0 Å². The Hall–Kier alpha value is -1.51. The lowest BCUT2D eigenvalue weighted by atomic mass is 9.97. The fourth-order valence-electron chi connectivity index (χ4n) is 3.73. The van der Waals surface area contributed by atoms with Crippen LogP contribution >= 0.6 is 53.5 Å². The average molecular weight is 667 g/mol. The van der Waals surface area contributed by atoms with Crippen LogP contribution in [0.15, 0.2) is 41.7 Å². The maximum Gasteiger partial charge on any atom is 0.145 e. The molecule has 3 aromatic rings. The number of benzene rings is 1. The zero-order chi connectivity index (χ0) is 25.8. The molecular weight excluding hydrogens is 649 g/mol. The molecule has 1 saturated heterocycles. The van der Waals surface area contributed by atoms with Gasteiger partial charge in [0.25, 0.3) is 0 Å². The molecule has 0 saturated carbocycles. The van der Waals surface area contributed by atoms with Crippen molar-refractivity contribution >= 4 is 53.5 Å². The first-order chi connectivity index (χ1) is 17.4. The predicted octanol–water partition coefficient (Wildman–Crippen LogP) is 4.09. The van der Waals surface area contributed by atoms with Gasteiger partial charge in [0.05, 0.1) is 12.8 Å². The molecule has 14 heteroatoms. The second kappa shape index (κ2) is 12.4. The maximum absolute atomic E-state index is 14.0. The van der Waals surface area contributed by atoms with Crippen molar-refractivity contribution in [2.45, 2.75) is 34.7 Å². The molecule has 2 N–H and O–H groups in total. The number of pyridine rings is 1. The van der Waals surface area contributed by atoms with Gasteiger partial charge in [0.15, 0.2) is 0 Å². The van der Waals surface area contributed by atoms with Gasteiger partial charge in [0.2, 0.25) is 0 Å². The van der Waals surface area contributed by atoms with Crippen LogP contribution in [-0.4, -0.2) is 67.7 Å². The SMILES string of the molecule is COC1C(Sc2cncc(C#CSI)c2)OC(CO)C(O)C1n1cc(-c2cc(F)c(Cl)c(F)c2)nn1. The standard InChI is InChI=1S/C22H18ClF2IN4O4S2/c1-33-21-19(30-9-16(28-29-30)12-5-14(24)18(23)15(25)6-12)20(32)17(10-31)34-22(21)36-13-4-11(2-3-35-26)7-27-8-13/h4-9,17,19-22,31-32H,10H2,1H3. The van der Waals surface area contributed by atoms with Crippen molar-refractivity contribution < 1.29 is 28.5 Å². The van der Waals surface area contributed by atoms with E-state index in [4.69, 9.17) is 21.1 Å². The molecule has 2 aromatic heterocycles. The number of hydrogen-bond donors (Lipinski definition) is 2. The third-order valence-corrected chi connectivity index (χ3v) is 7.70.